The summed E-state index contributed by atoms with van der Waals surface area (Å²) < 4.78 is 0. The lowest BCUT2D eigenvalue weighted by atomic mass is 10.3. The van der Waals surface area contributed by atoms with Gasteiger partial charge in [-0.1, -0.05) is 29.3 Å². The number of hydrogen-bond donors (Lipinski definition) is 3. The Labute approximate surface area is 120 Å². The fourth-order valence-corrected chi connectivity index (χ4v) is 2.06. The number of nitrogens with one attached hydrogen (secondary N) is 2. The maximum atomic E-state index is 11.8. The Kier molecular flexibility index (Phi) is 4.14. The normalized spacial score (nSPS) is 10.0. The van der Waals surface area contributed by atoms with Crippen LogP contribution in [0.3, 0.4) is 0 Å². The van der Waals surface area contributed by atoms with Crippen LogP contribution in [0, 0.1) is 0 Å². The van der Waals surface area contributed by atoms with E-state index in [9.17, 15) is 4.79 Å². The summed E-state index contributed by atoms with van der Waals surface area (Å²) in [7, 11) is 0. The number of nitrogens with two attached hydrogens (primary N) is 1. The van der Waals surface area contributed by atoms with Crippen LogP contribution in [0.25, 0.3) is 0 Å². The maximum Gasteiger partial charge on any atom is 0.323 e. The lowest BCUT2D eigenvalue weighted by Gasteiger charge is -2.08. The minimum absolute atomic E-state index is 0.399. The first kappa shape index (κ1) is 13.5. The van der Waals surface area contributed by atoms with Crippen LogP contribution >= 0.6 is 23.2 Å². The van der Waals surface area contributed by atoms with Crippen LogP contribution in [-0.4, -0.2) is 6.03 Å². The van der Waals surface area contributed by atoms with E-state index in [0.717, 1.165) is 0 Å². The maximum absolute atomic E-state index is 11.8. The zero-order valence-electron chi connectivity index (χ0n) is 9.78. The number of amides is 2. The van der Waals surface area contributed by atoms with Gasteiger partial charge in [0.1, 0.15) is 0 Å². The van der Waals surface area contributed by atoms with Gasteiger partial charge in [0.25, 0.3) is 0 Å². The van der Waals surface area contributed by atoms with E-state index in [1.165, 1.54) is 0 Å². The average molecular weight is 296 g/mol. The van der Waals surface area contributed by atoms with Gasteiger partial charge in [-0.25, -0.2) is 4.79 Å². The minimum atomic E-state index is -0.399. The van der Waals surface area contributed by atoms with Crippen molar-refractivity contribution < 1.29 is 4.79 Å². The molecule has 2 aromatic carbocycles. The molecule has 0 saturated heterocycles. The van der Waals surface area contributed by atoms with Crippen molar-refractivity contribution in [1.82, 2.24) is 0 Å². The van der Waals surface area contributed by atoms with E-state index in [1.807, 2.05) is 0 Å². The molecule has 19 heavy (non-hydrogen) atoms. The molecule has 98 valence electrons. The van der Waals surface area contributed by atoms with E-state index in [4.69, 9.17) is 28.9 Å². The molecule has 4 nitrogen and oxygen atoms in total. The molecule has 0 saturated carbocycles. The highest BCUT2D eigenvalue weighted by Crippen LogP contribution is 2.22. The number of urea groups is 1. The van der Waals surface area contributed by atoms with Crippen molar-refractivity contribution in [2.45, 2.75) is 0 Å². The Bertz CT molecular complexity index is 596. The van der Waals surface area contributed by atoms with Crippen molar-refractivity contribution in [2.75, 3.05) is 16.4 Å². The molecule has 0 aliphatic carbocycles. The zero-order chi connectivity index (χ0) is 13.8. The summed E-state index contributed by atoms with van der Waals surface area (Å²) in [5.74, 6) is 0. The molecule has 2 rings (SSSR count). The van der Waals surface area contributed by atoms with Gasteiger partial charge in [-0.2, -0.15) is 0 Å². The van der Waals surface area contributed by atoms with Gasteiger partial charge in [0.05, 0.1) is 0 Å². The third-order valence-corrected chi connectivity index (χ3v) is 2.70. The molecular weight excluding hydrogens is 285 g/mol. The summed E-state index contributed by atoms with van der Waals surface area (Å²) in [4.78, 5) is 11.8. The van der Waals surface area contributed by atoms with Crippen LogP contribution in [0.5, 0.6) is 0 Å². The number of nitrogen functional groups attached to an aromatic ring is 1. The molecular formula is C13H11Cl2N3O. The predicted octanol–water partition coefficient (Wildman–Crippen LogP) is 4.22. The van der Waals surface area contributed by atoms with Crippen LogP contribution in [0.2, 0.25) is 10.0 Å². The molecule has 0 radical (unpaired) electrons. The number of carbonyl (C=O) groups is 1. The van der Waals surface area contributed by atoms with Gasteiger partial charge in [0.15, 0.2) is 0 Å². The fourth-order valence-electron chi connectivity index (χ4n) is 1.54. The Balaban J connectivity index is 2.05. The smallest absolute Gasteiger partial charge is 0.323 e. The average Bonchev–Trinajstić information content (AvgIpc) is 2.26. The first-order valence-corrected chi connectivity index (χ1v) is 6.18. The third kappa shape index (κ3) is 4.05. The first-order valence-electron chi connectivity index (χ1n) is 5.42. The molecule has 0 bridgehead atoms. The summed E-state index contributed by atoms with van der Waals surface area (Å²) in [6, 6.07) is 11.3. The standard InChI is InChI=1S/C13H11Cl2N3O/c14-8-4-9(15)6-12(5-8)18-13(19)17-11-3-1-2-10(16)7-11/h1-7H,16H2,(H2,17,18,19). The number of rotatable bonds is 2. The van der Waals surface area contributed by atoms with Gasteiger partial charge < -0.3 is 16.4 Å². The van der Waals surface area contributed by atoms with Gasteiger partial charge in [-0.05, 0) is 36.4 Å². The molecule has 4 N–H and O–H groups in total. The molecule has 0 spiro atoms. The second-order valence-corrected chi connectivity index (χ2v) is 4.74. The van der Waals surface area contributed by atoms with Crippen LogP contribution < -0.4 is 16.4 Å². The van der Waals surface area contributed by atoms with Crippen molar-refractivity contribution in [1.29, 1.82) is 0 Å². The van der Waals surface area contributed by atoms with E-state index in [-0.39, 0.29) is 0 Å². The monoisotopic (exact) mass is 295 g/mol. The molecule has 0 heterocycles. The molecule has 2 aromatic rings. The zero-order valence-corrected chi connectivity index (χ0v) is 11.3. The molecule has 6 heteroatoms. The quantitative estimate of drug-likeness (QED) is 0.726. The van der Waals surface area contributed by atoms with E-state index >= 15 is 0 Å². The molecule has 0 aliphatic rings. The molecule has 0 fully saturated rings. The Morgan fingerprint density at radius 2 is 1.58 bits per heavy atom. The second-order valence-electron chi connectivity index (χ2n) is 3.86. The number of carbonyl (C=O) groups excluding carboxylic acids is 1. The largest absolute Gasteiger partial charge is 0.399 e. The Morgan fingerprint density at radius 3 is 2.21 bits per heavy atom. The summed E-state index contributed by atoms with van der Waals surface area (Å²) in [5, 5.41) is 6.19. The minimum Gasteiger partial charge on any atom is -0.399 e. The van der Waals surface area contributed by atoms with Crippen LogP contribution in [0.1, 0.15) is 0 Å². The Hall–Kier alpha value is -1.91. The molecule has 2 amide bonds. The number of halogens is 2. The van der Waals surface area contributed by atoms with Crippen LogP contribution in [-0.2, 0) is 0 Å². The lowest BCUT2D eigenvalue weighted by Crippen LogP contribution is -2.19. The van der Waals surface area contributed by atoms with E-state index < -0.39 is 6.03 Å². The van der Waals surface area contributed by atoms with Crippen molar-refractivity contribution in [2.24, 2.45) is 0 Å². The lowest BCUT2D eigenvalue weighted by molar-refractivity contribution is 0.262. The Morgan fingerprint density at radius 1 is 0.947 bits per heavy atom. The summed E-state index contributed by atoms with van der Waals surface area (Å²) in [6.45, 7) is 0. The molecule has 0 atom stereocenters. The highest BCUT2D eigenvalue weighted by atomic mass is 35.5. The van der Waals surface area contributed by atoms with Gasteiger partial charge in [0, 0.05) is 27.1 Å². The molecule has 0 aliphatic heterocycles. The predicted molar refractivity (Wildman–Crippen MR) is 80.0 cm³/mol. The highest BCUT2D eigenvalue weighted by molar-refractivity contribution is 6.35. The van der Waals surface area contributed by atoms with Crippen molar-refractivity contribution >= 4 is 46.3 Å². The molecule has 0 aromatic heterocycles. The van der Waals surface area contributed by atoms with E-state index in [0.29, 0.717) is 27.1 Å². The second kappa shape index (κ2) is 5.82. The van der Waals surface area contributed by atoms with Crippen molar-refractivity contribution in [3.8, 4) is 0 Å². The third-order valence-electron chi connectivity index (χ3n) is 2.26. The number of hydrogen-bond acceptors (Lipinski definition) is 2. The van der Waals surface area contributed by atoms with E-state index in [2.05, 4.69) is 10.6 Å². The number of benzene rings is 2. The summed E-state index contributed by atoms with van der Waals surface area (Å²) in [6.07, 6.45) is 0. The van der Waals surface area contributed by atoms with Gasteiger partial charge >= 0.3 is 6.03 Å². The summed E-state index contributed by atoms with van der Waals surface area (Å²) in [5.41, 5.74) is 7.31. The SMILES string of the molecule is Nc1cccc(NC(=O)Nc2cc(Cl)cc(Cl)c2)c1. The van der Waals surface area contributed by atoms with Gasteiger partial charge in [0.2, 0.25) is 0 Å². The van der Waals surface area contributed by atoms with Crippen LogP contribution in [0.15, 0.2) is 42.5 Å². The van der Waals surface area contributed by atoms with Crippen LogP contribution in [0.4, 0.5) is 21.9 Å². The molecule has 0 unspecified atom stereocenters. The summed E-state index contributed by atoms with van der Waals surface area (Å²) >= 11 is 11.7. The fraction of sp³-hybridized carbons (Fsp3) is 0. The van der Waals surface area contributed by atoms with Crippen molar-refractivity contribution in [3.63, 3.8) is 0 Å². The highest BCUT2D eigenvalue weighted by Gasteiger charge is 2.04. The topological polar surface area (TPSA) is 67.1 Å². The van der Waals surface area contributed by atoms with E-state index in [1.54, 1.807) is 42.5 Å². The number of anilines is 3. The van der Waals surface area contributed by atoms with Gasteiger partial charge in [-0.3, -0.25) is 0 Å². The van der Waals surface area contributed by atoms with Gasteiger partial charge in [-0.15, -0.1) is 0 Å². The van der Waals surface area contributed by atoms with Crippen molar-refractivity contribution in [3.05, 3.63) is 52.5 Å². The first-order chi connectivity index (χ1) is 9.02.